The van der Waals surface area contributed by atoms with Crippen LogP contribution in [0, 0.1) is 6.92 Å². The molecule has 0 fully saturated rings. The second-order valence-corrected chi connectivity index (χ2v) is 5.54. The molecular weight excluding hydrogens is 220 g/mol. The highest BCUT2D eigenvalue weighted by Gasteiger charge is 2.00. The van der Waals surface area contributed by atoms with Gasteiger partial charge in [-0.15, -0.1) is 0 Å². The monoisotopic (exact) mass is 248 g/mol. The van der Waals surface area contributed by atoms with Gasteiger partial charge in [0.15, 0.2) is 0 Å². The Bertz CT molecular complexity index is 316. The van der Waals surface area contributed by atoms with Crippen LogP contribution in [0.4, 0.5) is 0 Å². The SMILES string of the molecule is Cc1ccc(CN(C)CCCCNC(C)C)cc1. The van der Waals surface area contributed by atoms with Gasteiger partial charge in [-0.05, 0) is 45.5 Å². The van der Waals surface area contributed by atoms with Crippen molar-refractivity contribution in [2.24, 2.45) is 0 Å². The Labute approximate surface area is 112 Å². The summed E-state index contributed by atoms with van der Waals surface area (Å²) in [6, 6.07) is 9.44. The third kappa shape index (κ3) is 6.77. The highest BCUT2D eigenvalue weighted by Crippen LogP contribution is 2.06. The lowest BCUT2D eigenvalue weighted by Gasteiger charge is -2.17. The molecule has 1 aromatic rings. The molecule has 0 aromatic heterocycles. The molecule has 0 spiro atoms. The van der Waals surface area contributed by atoms with Gasteiger partial charge in [0.05, 0.1) is 0 Å². The molecule has 0 aliphatic heterocycles. The summed E-state index contributed by atoms with van der Waals surface area (Å²) in [5.41, 5.74) is 2.74. The number of benzene rings is 1. The summed E-state index contributed by atoms with van der Waals surface area (Å²) in [5, 5.41) is 3.46. The predicted octanol–water partition coefficient (Wildman–Crippen LogP) is 3.21. The Hall–Kier alpha value is -0.860. The number of hydrogen-bond acceptors (Lipinski definition) is 2. The third-order valence-corrected chi connectivity index (χ3v) is 3.09. The van der Waals surface area contributed by atoms with Crippen molar-refractivity contribution >= 4 is 0 Å². The Balaban J connectivity index is 2.13. The van der Waals surface area contributed by atoms with Crippen molar-refractivity contribution in [3.8, 4) is 0 Å². The maximum absolute atomic E-state index is 3.46. The number of nitrogens with zero attached hydrogens (tertiary/aromatic N) is 1. The number of nitrogens with one attached hydrogen (secondary N) is 1. The van der Waals surface area contributed by atoms with E-state index >= 15 is 0 Å². The molecule has 0 unspecified atom stereocenters. The van der Waals surface area contributed by atoms with E-state index in [-0.39, 0.29) is 0 Å². The van der Waals surface area contributed by atoms with Crippen LogP contribution in [-0.2, 0) is 6.54 Å². The van der Waals surface area contributed by atoms with Gasteiger partial charge in [-0.1, -0.05) is 43.7 Å². The van der Waals surface area contributed by atoms with E-state index in [4.69, 9.17) is 0 Å². The molecule has 0 aliphatic carbocycles. The van der Waals surface area contributed by atoms with Crippen LogP contribution in [0.25, 0.3) is 0 Å². The largest absolute Gasteiger partial charge is 0.315 e. The Morgan fingerprint density at radius 1 is 1.11 bits per heavy atom. The molecule has 102 valence electrons. The van der Waals surface area contributed by atoms with Gasteiger partial charge in [-0.25, -0.2) is 0 Å². The first-order chi connectivity index (χ1) is 8.58. The summed E-state index contributed by atoms with van der Waals surface area (Å²) in [7, 11) is 2.20. The van der Waals surface area contributed by atoms with Gasteiger partial charge in [0.25, 0.3) is 0 Å². The van der Waals surface area contributed by atoms with Gasteiger partial charge in [0.1, 0.15) is 0 Å². The van der Waals surface area contributed by atoms with Crippen LogP contribution in [-0.4, -0.2) is 31.1 Å². The minimum absolute atomic E-state index is 0.607. The van der Waals surface area contributed by atoms with Crippen molar-refractivity contribution in [2.45, 2.75) is 46.2 Å². The van der Waals surface area contributed by atoms with Crippen LogP contribution in [0.5, 0.6) is 0 Å². The molecule has 0 heterocycles. The molecular formula is C16H28N2. The summed E-state index contributed by atoms with van der Waals surface area (Å²) >= 11 is 0. The molecule has 0 bridgehead atoms. The van der Waals surface area contributed by atoms with Gasteiger partial charge in [-0.3, -0.25) is 0 Å². The van der Waals surface area contributed by atoms with Crippen LogP contribution in [0.3, 0.4) is 0 Å². The maximum atomic E-state index is 3.46. The minimum Gasteiger partial charge on any atom is -0.315 e. The van der Waals surface area contributed by atoms with Gasteiger partial charge >= 0.3 is 0 Å². The zero-order valence-electron chi connectivity index (χ0n) is 12.4. The molecule has 1 rings (SSSR count). The lowest BCUT2D eigenvalue weighted by molar-refractivity contribution is 0.317. The Kier molecular flexibility index (Phi) is 6.99. The fourth-order valence-corrected chi connectivity index (χ4v) is 1.98. The zero-order valence-corrected chi connectivity index (χ0v) is 12.4. The lowest BCUT2D eigenvalue weighted by Crippen LogP contribution is -2.25. The van der Waals surface area contributed by atoms with Crippen LogP contribution in [0.1, 0.15) is 37.8 Å². The van der Waals surface area contributed by atoms with E-state index < -0.39 is 0 Å². The Morgan fingerprint density at radius 2 is 1.78 bits per heavy atom. The molecule has 1 aromatic carbocycles. The second-order valence-electron chi connectivity index (χ2n) is 5.54. The molecule has 2 heteroatoms. The molecule has 0 radical (unpaired) electrons. The number of unbranched alkanes of at least 4 members (excludes halogenated alkanes) is 1. The van der Waals surface area contributed by atoms with E-state index in [2.05, 4.69) is 62.3 Å². The van der Waals surface area contributed by atoms with Crippen LogP contribution < -0.4 is 5.32 Å². The summed E-state index contributed by atoms with van der Waals surface area (Å²) < 4.78 is 0. The van der Waals surface area contributed by atoms with Crippen LogP contribution >= 0.6 is 0 Å². The minimum atomic E-state index is 0.607. The normalized spacial score (nSPS) is 11.4. The van der Waals surface area contributed by atoms with Crippen molar-refractivity contribution in [3.05, 3.63) is 35.4 Å². The smallest absolute Gasteiger partial charge is 0.0230 e. The predicted molar refractivity (Wildman–Crippen MR) is 79.9 cm³/mol. The topological polar surface area (TPSA) is 15.3 Å². The summed E-state index contributed by atoms with van der Waals surface area (Å²) in [6.07, 6.45) is 2.53. The first-order valence-electron chi connectivity index (χ1n) is 7.05. The van der Waals surface area contributed by atoms with E-state index in [9.17, 15) is 0 Å². The summed E-state index contributed by atoms with van der Waals surface area (Å²) in [6.45, 7) is 9.89. The van der Waals surface area contributed by atoms with Crippen molar-refractivity contribution in [1.29, 1.82) is 0 Å². The number of hydrogen-bond donors (Lipinski definition) is 1. The fraction of sp³-hybridized carbons (Fsp3) is 0.625. The molecule has 0 atom stereocenters. The second kappa shape index (κ2) is 8.28. The fourth-order valence-electron chi connectivity index (χ4n) is 1.98. The van der Waals surface area contributed by atoms with Gasteiger partial charge < -0.3 is 10.2 Å². The maximum Gasteiger partial charge on any atom is 0.0230 e. The van der Waals surface area contributed by atoms with Crippen LogP contribution in [0.2, 0.25) is 0 Å². The van der Waals surface area contributed by atoms with Gasteiger partial charge in [0.2, 0.25) is 0 Å². The van der Waals surface area contributed by atoms with E-state index in [1.54, 1.807) is 0 Å². The number of rotatable bonds is 8. The van der Waals surface area contributed by atoms with Crippen molar-refractivity contribution in [2.75, 3.05) is 20.1 Å². The lowest BCUT2D eigenvalue weighted by atomic mass is 10.1. The molecule has 1 N–H and O–H groups in total. The third-order valence-electron chi connectivity index (χ3n) is 3.09. The van der Waals surface area contributed by atoms with Crippen molar-refractivity contribution in [1.82, 2.24) is 10.2 Å². The van der Waals surface area contributed by atoms with Gasteiger partial charge in [-0.2, -0.15) is 0 Å². The average molecular weight is 248 g/mol. The zero-order chi connectivity index (χ0) is 13.4. The van der Waals surface area contributed by atoms with Crippen LogP contribution in [0.15, 0.2) is 24.3 Å². The molecule has 0 amide bonds. The highest BCUT2D eigenvalue weighted by atomic mass is 15.1. The van der Waals surface area contributed by atoms with Crippen molar-refractivity contribution in [3.63, 3.8) is 0 Å². The van der Waals surface area contributed by atoms with Gasteiger partial charge in [0, 0.05) is 12.6 Å². The first-order valence-corrected chi connectivity index (χ1v) is 7.05. The molecule has 0 saturated carbocycles. The van der Waals surface area contributed by atoms with E-state index in [1.807, 2.05) is 0 Å². The number of aryl methyl sites for hydroxylation is 1. The summed E-state index contributed by atoms with van der Waals surface area (Å²) in [4.78, 5) is 2.40. The standard InChI is InChI=1S/C16H28N2/c1-14(2)17-11-5-6-12-18(4)13-16-9-7-15(3)8-10-16/h7-10,14,17H,5-6,11-13H2,1-4H3. The van der Waals surface area contributed by atoms with E-state index in [0.29, 0.717) is 6.04 Å². The average Bonchev–Trinajstić information content (AvgIpc) is 2.31. The molecule has 0 saturated heterocycles. The van der Waals surface area contributed by atoms with E-state index in [0.717, 1.165) is 13.1 Å². The molecule has 2 nitrogen and oxygen atoms in total. The molecule has 0 aliphatic rings. The quantitative estimate of drug-likeness (QED) is 0.711. The van der Waals surface area contributed by atoms with E-state index in [1.165, 1.54) is 30.5 Å². The molecule has 18 heavy (non-hydrogen) atoms. The first kappa shape index (κ1) is 15.2. The van der Waals surface area contributed by atoms with Crippen molar-refractivity contribution < 1.29 is 0 Å². The highest BCUT2D eigenvalue weighted by molar-refractivity contribution is 5.21. The summed E-state index contributed by atoms with van der Waals surface area (Å²) in [5.74, 6) is 0. The Morgan fingerprint density at radius 3 is 2.39 bits per heavy atom.